The number of hydrogen-bond acceptors (Lipinski definition) is 10. The number of ether oxygens (including phenoxy) is 2. The zero-order valence-corrected chi connectivity index (χ0v) is 46.2. The summed E-state index contributed by atoms with van der Waals surface area (Å²) in [7, 11) is -5.08. The highest BCUT2D eigenvalue weighted by Gasteiger charge is 2.48. The molecule has 418 valence electrons. The summed E-state index contributed by atoms with van der Waals surface area (Å²) in [5, 5.41) is 45.2. The molecule has 1 heterocycles. The Morgan fingerprint density at radius 3 is 1.14 bits per heavy atom. The van der Waals surface area contributed by atoms with Crippen molar-refractivity contribution in [3.63, 3.8) is 0 Å². The first-order chi connectivity index (χ1) is 34.0. The molecule has 7 atom stereocenters. The zero-order chi connectivity index (χ0) is 51.2. The van der Waals surface area contributed by atoms with Crippen LogP contribution in [-0.4, -0.2) is 95.4 Å². The lowest BCUT2D eigenvalue weighted by Gasteiger charge is -2.41. The lowest BCUT2D eigenvalue weighted by molar-refractivity contribution is -0.298. The van der Waals surface area contributed by atoms with Gasteiger partial charge in [0.15, 0.2) is 6.29 Å². The SMILES string of the molecule is CCCCCCCCCCCCCCCCCCCCCCCCCCCC(O)C(COC1OC(CO)C(O)C(OS(=O)(=O)O)C1O)NC(=O)CCCCCCCCCCCCCCCCCCCC. The van der Waals surface area contributed by atoms with E-state index in [0.29, 0.717) is 12.8 Å². The van der Waals surface area contributed by atoms with E-state index >= 15 is 0 Å². The number of unbranched alkanes of at least 4 members (excludes halogenated alkanes) is 41. The van der Waals surface area contributed by atoms with Gasteiger partial charge in [-0.05, 0) is 12.8 Å². The molecule has 1 aliphatic rings. The van der Waals surface area contributed by atoms with Crippen LogP contribution in [0.2, 0.25) is 0 Å². The predicted octanol–water partition coefficient (Wildman–Crippen LogP) is 14.1. The summed E-state index contributed by atoms with van der Waals surface area (Å²) < 4.78 is 47.9. The lowest BCUT2D eigenvalue weighted by atomic mass is 9.99. The van der Waals surface area contributed by atoms with Crippen molar-refractivity contribution >= 4 is 16.3 Å². The van der Waals surface area contributed by atoms with Gasteiger partial charge in [0.05, 0.1) is 25.4 Å². The molecular formula is C57H113NO11S. The number of aliphatic hydroxyl groups is 4. The number of hydrogen-bond donors (Lipinski definition) is 6. The Morgan fingerprint density at radius 2 is 0.829 bits per heavy atom. The molecule has 0 saturated carbocycles. The Kier molecular flexibility index (Phi) is 45.8. The first-order valence-electron chi connectivity index (χ1n) is 29.9. The van der Waals surface area contributed by atoms with Crippen LogP contribution in [0.3, 0.4) is 0 Å². The molecule has 6 N–H and O–H groups in total. The van der Waals surface area contributed by atoms with Crippen LogP contribution >= 0.6 is 0 Å². The van der Waals surface area contributed by atoms with Gasteiger partial charge in [0, 0.05) is 6.42 Å². The third-order valence-electron chi connectivity index (χ3n) is 14.7. The van der Waals surface area contributed by atoms with Crippen molar-refractivity contribution in [1.29, 1.82) is 0 Å². The normalized spacial score (nSPS) is 19.4. The molecule has 1 rings (SSSR count). The Morgan fingerprint density at radius 1 is 0.514 bits per heavy atom. The minimum Gasteiger partial charge on any atom is -0.394 e. The minimum absolute atomic E-state index is 0.222. The molecule has 1 fully saturated rings. The summed E-state index contributed by atoms with van der Waals surface area (Å²) in [5.41, 5.74) is 0. The average Bonchev–Trinajstić information content (AvgIpc) is 3.33. The highest BCUT2D eigenvalue weighted by Crippen LogP contribution is 2.26. The van der Waals surface area contributed by atoms with E-state index in [2.05, 4.69) is 23.3 Å². The van der Waals surface area contributed by atoms with Gasteiger partial charge in [-0.25, -0.2) is 4.18 Å². The minimum atomic E-state index is -5.08. The fourth-order valence-electron chi connectivity index (χ4n) is 10.1. The highest BCUT2D eigenvalue weighted by molar-refractivity contribution is 7.80. The van der Waals surface area contributed by atoms with Gasteiger partial charge in [0.1, 0.15) is 24.4 Å². The lowest BCUT2D eigenvalue weighted by Crippen LogP contribution is -2.61. The van der Waals surface area contributed by atoms with Crippen LogP contribution in [0, 0.1) is 0 Å². The van der Waals surface area contributed by atoms with Gasteiger partial charge >= 0.3 is 10.4 Å². The van der Waals surface area contributed by atoms with Gasteiger partial charge in [-0.3, -0.25) is 9.35 Å². The average molecular weight is 1020 g/mol. The standard InChI is InChI=1S/C57H113NO11S/c1-3-5-7-9-11-13-15-17-19-21-23-24-25-26-27-28-29-30-32-34-36-38-40-42-44-46-51(60)50(49-67-57-55(63)56(69-70(64,65)66)54(62)52(48-59)68-57)58-53(61)47-45-43-41-39-37-35-33-31-22-20-18-16-14-12-10-8-6-4-2/h50-52,54-57,59-60,62-63H,3-49H2,1-2H3,(H,58,61)(H,64,65,66). The van der Waals surface area contributed by atoms with E-state index in [0.717, 1.165) is 51.4 Å². The quantitative estimate of drug-likeness (QED) is 0.0251. The van der Waals surface area contributed by atoms with Crippen LogP contribution in [-0.2, 0) is 28.9 Å². The van der Waals surface area contributed by atoms with E-state index in [-0.39, 0.29) is 12.5 Å². The summed E-state index contributed by atoms with van der Waals surface area (Å²) in [5.74, 6) is -0.222. The predicted molar refractivity (Wildman–Crippen MR) is 287 cm³/mol. The smallest absolute Gasteiger partial charge is 0.394 e. The summed E-state index contributed by atoms with van der Waals surface area (Å²) in [6, 6.07) is -0.853. The fraction of sp³-hybridized carbons (Fsp3) is 0.982. The third kappa shape index (κ3) is 39.5. The van der Waals surface area contributed by atoms with Crippen molar-refractivity contribution in [3.05, 3.63) is 0 Å². The summed E-state index contributed by atoms with van der Waals surface area (Å²) in [6.07, 6.45) is 46.8. The first kappa shape index (κ1) is 67.1. The van der Waals surface area contributed by atoms with Gasteiger partial charge < -0.3 is 35.2 Å². The summed E-state index contributed by atoms with van der Waals surface area (Å²) in [4.78, 5) is 13.1. The van der Waals surface area contributed by atoms with Crippen molar-refractivity contribution in [2.75, 3.05) is 13.2 Å². The van der Waals surface area contributed by atoms with Crippen LogP contribution in [0.4, 0.5) is 0 Å². The van der Waals surface area contributed by atoms with Crippen LogP contribution in [0.5, 0.6) is 0 Å². The van der Waals surface area contributed by atoms with Crippen molar-refractivity contribution in [3.8, 4) is 0 Å². The number of carbonyl (C=O) groups is 1. The molecule has 0 radical (unpaired) electrons. The molecule has 0 aromatic heterocycles. The van der Waals surface area contributed by atoms with E-state index < -0.39 is 59.9 Å². The van der Waals surface area contributed by atoms with Crippen LogP contribution in [0.15, 0.2) is 0 Å². The maximum atomic E-state index is 13.1. The van der Waals surface area contributed by atoms with Crippen molar-refractivity contribution in [2.45, 2.75) is 346 Å². The number of nitrogens with one attached hydrogen (secondary N) is 1. The van der Waals surface area contributed by atoms with Gasteiger partial charge in [-0.1, -0.05) is 284 Å². The second-order valence-corrected chi connectivity index (χ2v) is 22.4. The molecule has 0 aliphatic carbocycles. The number of aliphatic hydroxyl groups excluding tert-OH is 4. The van der Waals surface area contributed by atoms with E-state index in [9.17, 15) is 38.2 Å². The molecule has 0 aromatic carbocycles. The molecule has 0 aromatic rings. The fourth-order valence-corrected chi connectivity index (χ4v) is 10.6. The number of rotatable bonds is 53. The Hall–Kier alpha value is -0.900. The van der Waals surface area contributed by atoms with Crippen molar-refractivity contribution in [2.24, 2.45) is 0 Å². The molecule has 0 bridgehead atoms. The van der Waals surface area contributed by atoms with Gasteiger partial charge in [0.2, 0.25) is 5.91 Å². The van der Waals surface area contributed by atoms with Crippen molar-refractivity contribution < 1.29 is 51.8 Å². The maximum absolute atomic E-state index is 13.1. The molecule has 0 spiro atoms. The molecular weight excluding hydrogens is 907 g/mol. The van der Waals surface area contributed by atoms with Crippen LogP contribution in [0.1, 0.15) is 303 Å². The summed E-state index contributed by atoms with van der Waals surface area (Å²) >= 11 is 0. The largest absolute Gasteiger partial charge is 0.397 e. The number of amides is 1. The molecule has 1 aliphatic heterocycles. The second-order valence-electron chi connectivity index (χ2n) is 21.3. The third-order valence-corrected chi connectivity index (χ3v) is 15.1. The zero-order valence-electron chi connectivity index (χ0n) is 45.4. The molecule has 13 heteroatoms. The molecule has 1 saturated heterocycles. The van der Waals surface area contributed by atoms with E-state index in [1.165, 1.54) is 225 Å². The van der Waals surface area contributed by atoms with Gasteiger partial charge in [0.25, 0.3) is 0 Å². The van der Waals surface area contributed by atoms with E-state index in [1.54, 1.807) is 0 Å². The Bertz CT molecular complexity index is 1240. The van der Waals surface area contributed by atoms with Crippen LogP contribution in [0.25, 0.3) is 0 Å². The Labute approximate surface area is 430 Å². The van der Waals surface area contributed by atoms with Gasteiger partial charge in [-0.2, -0.15) is 8.42 Å². The summed E-state index contributed by atoms with van der Waals surface area (Å²) in [6.45, 7) is 3.51. The van der Waals surface area contributed by atoms with E-state index in [1.807, 2.05) is 0 Å². The number of carbonyl (C=O) groups excluding carboxylic acids is 1. The monoisotopic (exact) mass is 1020 g/mol. The Balaban J connectivity index is 2.31. The van der Waals surface area contributed by atoms with Crippen LogP contribution < -0.4 is 5.32 Å². The van der Waals surface area contributed by atoms with E-state index in [4.69, 9.17) is 9.47 Å². The molecule has 1 amide bonds. The maximum Gasteiger partial charge on any atom is 0.397 e. The topological polar surface area (TPSA) is 192 Å². The van der Waals surface area contributed by atoms with Crippen molar-refractivity contribution in [1.82, 2.24) is 5.32 Å². The molecule has 70 heavy (non-hydrogen) atoms. The first-order valence-corrected chi connectivity index (χ1v) is 31.3. The molecule has 7 unspecified atom stereocenters. The second kappa shape index (κ2) is 47.8. The van der Waals surface area contributed by atoms with Gasteiger partial charge in [-0.15, -0.1) is 0 Å². The highest BCUT2D eigenvalue weighted by atomic mass is 32.3. The molecule has 12 nitrogen and oxygen atoms in total.